The Labute approximate surface area is 439 Å². The molecule has 2 aromatic rings. The molecule has 2 aromatic carbocycles. The summed E-state index contributed by atoms with van der Waals surface area (Å²) in [5, 5.41) is 19.3. The summed E-state index contributed by atoms with van der Waals surface area (Å²) in [5.41, 5.74) is 17.7. The first-order valence-electron chi connectivity index (χ1n) is 25.4. The number of sulfonamides is 1. The van der Waals surface area contributed by atoms with Gasteiger partial charge in [0, 0.05) is 67.6 Å². The van der Waals surface area contributed by atoms with Crippen LogP contribution in [0.15, 0.2) is 70.6 Å². The molecular formula is C51H77N13O10S. The Kier molecular flexibility index (Phi) is 23.8. The second kappa shape index (κ2) is 29.4. The van der Waals surface area contributed by atoms with Gasteiger partial charge in [0.15, 0.2) is 0 Å². The first-order valence-corrected chi connectivity index (χ1v) is 26.9. The Morgan fingerprint density at radius 3 is 2.05 bits per heavy atom. The van der Waals surface area contributed by atoms with E-state index in [-0.39, 0.29) is 61.5 Å². The molecule has 8 atom stereocenters. The van der Waals surface area contributed by atoms with Crippen molar-refractivity contribution in [2.24, 2.45) is 39.4 Å². The van der Waals surface area contributed by atoms with Gasteiger partial charge in [-0.1, -0.05) is 75.8 Å². The molecule has 75 heavy (non-hydrogen) atoms. The third kappa shape index (κ3) is 18.2. The van der Waals surface area contributed by atoms with E-state index in [2.05, 4.69) is 46.9 Å². The molecule has 1 aliphatic heterocycles. The third-order valence-corrected chi connectivity index (χ3v) is 14.9. The number of aliphatic imine (C=N–C) groups is 1. The number of nitrogens with zero attached hydrogens (tertiary/aromatic N) is 2. The zero-order valence-corrected chi connectivity index (χ0v) is 44.4. The topological polar surface area (TPSA) is 361 Å². The number of amides is 8. The van der Waals surface area contributed by atoms with Gasteiger partial charge in [0.2, 0.25) is 57.3 Å². The molecule has 0 bridgehead atoms. The number of hydrogen-bond donors (Lipinski definition) is 11. The first-order chi connectivity index (χ1) is 35.6. The number of fused-ring (bicyclic) bond motifs is 2. The zero-order valence-electron chi connectivity index (χ0n) is 43.6. The minimum atomic E-state index is -3.86. The molecule has 24 heteroatoms. The normalized spacial score (nSPS) is 18.6. The van der Waals surface area contributed by atoms with Gasteiger partial charge in [-0.3, -0.25) is 43.3 Å². The maximum absolute atomic E-state index is 13.8. The SMILES string of the molecule is CCC(C)C(NC(=O)CNC(=O)C(CCCCN)NC(=O)CNC(=O)C(CCC(=O)NCCCCNS(=O)(=O)c1cccc2c(N(C)C)cccc12)NC(=O)C(N)CC1C=NC2C=CC=CC12C)C(=O)NCC(N)=O. The molecule has 4 rings (SSSR count). The maximum Gasteiger partial charge on any atom is 0.243 e. The molecule has 0 aromatic heterocycles. The lowest BCUT2D eigenvalue weighted by Gasteiger charge is -2.34. The van der Waals surface area contributed by atoms with Gasteiger partial charge in [-0.25, -0.2) is 13.1 Å². The summed E-state index contributed by atoms with van der Waals surface area (Å²) in [6, 6.07) is 5.89. The Morgan fingerprint density at radius 1 is 0.747 bits per heavy atom. The molecule has 0 spiro atoms. The number of hydrogen-bond acceptors (Lipinski definition) is 14. The number of carbonyl (C=O) groups is 8. The fourth-order valence-corrected chi connectivity index (χ4v) is 10.00. The average molecular weight is 1060 g/mol. The monoisotopic (exact) mass is 1060 g/mol. The number of unbranched alkanes of at least 4 members (excludes halogenated alkanes) is 2. The van der Waals surface area contributed by atoms with Gasteiger partial charge < -0.3 is 59.3 Å². The Morgan fingerprint density at radius 2 is 1.39 bits per heavy atom. The van der Waals surface area contributed by atoms with Gasteiger partial charge in [0.1, 0.15) is 18.1 Å². The van der Waals surface area contributed by atoms with Crippen molar-refractivity contribution >= 4 is 80.0 Å². The van der Waals surface area contributed by atoms with E-state index in [1.165, 1.54) is 0 Å². The number of nitrogens with one attached hydrogen (secondary N) is 8. The summed E-state index contributed by atoms with van der Waals surface area (Å²) < 4.78 is 29.3. The van der Waals surface area contributed by atoms with Crippen molar-refractivity contribution in [2.45, 2.75) is 114 Å². The molecule has 1 heterocycles. The molecule has 0 saturated carbocycles. The minimum absolute atomic E-state index is 0.113. The summed E-state index contributed by atoms with van der Waals surface area (Å²) in [5.74, 6) is -6.05. The average Bonchev–Trinajstić information content (AvgIpc) is 3.71. The van der Waals surface area contributed by atoms with Crippen LogP contribution in [0.2, 0.25) is 0 Å². The van der Waals surface area contributed by atoms with Gasteiger partial charge in [0.25, 0.3) is 0 Å². The lowest BCUT2D eigenvalue weighted by molar-refractivity contribution is -0.133. The van der Waals surface area contributed by atoms with E-state index in [1.807, 2.05) is 69.3 Å². The fourth-order valence-electron chi connectivity index (χ4n) is 8.71. The lowest BCUT2D eigenvalue weighted by atomic mass is 9.70. The molecule has 23 nitrogen and oxygen atoms in total. The highest BCUT2D eigenvalue weighted by molar-refractivity contribution is 7.89. The van der Waals surface area contributed by atoms with Crippen LogP contribution in [0, 0.1) is 17.3 Å². The Bertz CT molecular complexity index is 2560. The van der Waals surface area contributed by atoms with Crippen LogP contribution >= 0.6 is 0 Å². The number of anilines is 1. The second-order valence-electron chi connectivity index (χ2n) is 19.3. The summed E-state index contributed by atoms with van der Waals surface area (Å²) in [7, 11) is -0.0961. The molecule has 8 amide bonds. The van der Waals surface area contributed by atoms with Gasteiger partial charge in [-0.05, 0) is 69.5 Å². The number of allylic oxidation sites excluding steroid dienone is 2. The first kappa shape index (κ1) is 60.8. The predicted octanol–water partition coefficient (Wildman–Crippen LogP) is -0.757. The molecule has 0 fully saturated rings. The fraction of sp³-hybridized carbons (Fsp3) is 0.549. The van der Waals surface area contributed by atoms with Gasteiger partial charge in [0.05, 0.1) is 36.6 Å². The van der Waals surface area contributed by atoms with E-state index < -0.39 is 106 Å². The van der Waals surface area contributed by atoms with Gasteiger partial charge >= 0.3 is 0 Å². The third-order valence-electron chi connectivity index (χ3n) is 13.4. The smallest absolute Gasteiger partial charge is 0.243 e. The largest absolute Gasteiger partial charge is 0.377 e. The summed E-state index contributed by atoms with van der Waals surface area (Å²) in [4.78, 5) is 111. The molecule has 14 N–H and O–H groups in total. The van der Waals surface area contributed by atoms with Crippen LogP contribution in [0.4, 0.5) is 5.69 Å². The molecule has 412 valence electrons. The summed E-state index contributed by atoms with van der Waals surface area (Å²) >= 11 is 0. The maximum atomic E-state index is 13.8. The standard InChI is InChI=1S/C51H77N13O10S/c1-6-32(2)46(50(72)57-29-42(54)65)63-45(68)31-59-48(70)37(17-8-10-24-52)61-44(67)30-58-49(71)38(62-47(69)36(53)27-33-28-56-41-20-7-9-23-51(33,41)3)21-22-43(66)55-25-11-12-26-60-75(73,74)40-19-14-15-34-35(40)16-13-18-39(34)64(4)5/h7,9,13-16,18-20,23,28,32-33,36-38,41,46,60H,6,8,10-12,17,21-22,24-27,29-31,52-53H2,1-5H3,(H2,54,65)(H,55,66)(H,57,72)(H,58,71)(H,59,70)(H,61,67)(H,62,69)(H,63,68). The molecule has 1 aliphatic carbocycles. The van der Waals surface area contributed by atoms with Crippen molar-refractivity contribution < 1.29 is 46.8 Å². The van der Waals surface area contributed by atoms with E-state index in [9.17, 15) is 46.8 Å². The van der Waals surface area contributed by atoms with Crippen molar-refractivity contribution in [3.63, 3.8) is 0 Å². The lowest BCUT2D eigenvalue weighted by Crippen LogP contribution is -2.55. The van der Waals surface area contributed by atoms with Crippen LogP contribution in [0.25, 0.3) is 10.8 Å². The van der Waals surface area contributed by atoms with E-state index in [1.54, 1.807) is 37.4 Å². The van der Waals surface area contributed by atoms with Crippen LogP contribution in [0.1, 0.15) is 78.6 Å². The number of carbonyl (C=O) groups excluding carboxylic acids is 8. The Balaban J connectivity index is 1.34. The van der Waals surface area contributed by atoms with E-state index >= 15 is 0 Å². The van der Waals surface area contributed by atoms with Crippen LogP contribution < -0.4 is 64.0 Å². The van der Waals surface area contributed by atoms with Crippen molar-refractivity contribution in [2.75, 3.05) is 58.3 Å². The predicted molar refractivity (Wildman–Crippen MR) is 286 cm³/mol. The van der Waals surface area contributed by atoms with E-state index in [0.717, 1.165) is 11.1 Å². The van der Waals surface area contributed by atoms with Crippen LogP contribution in [0.5, 0.6) is 0 Å². The zero-order chi connectivity index (χ0) is 55.3. The number of benzene rings is 2. The molecule has 2 aliphatic rings. The quantitative estimate of drug-likeness (QED) is 0.0402. The summed E-state index contributed by atoms with van der Waals surface area (Å²) in [6.45, 7) is 4.55. The number of rotatable bonds is 32. The van der Waals surface area contributed by atoms with Gasteiger partial charge in [-0.2, -0.15) is 0 Å². The van der Waals surface area contributed by atoms with Crippen LogP contribution in [0.3, 0.4) is 0 Å². The highest BCUT2D eigenvalue weighted by Gasteiger charge is 2.43. The van der Waals surface area contributed by atoms with E-state index in [0.29, 0.717) is 44.0 Å². The van der Waals surface area contributed by atoms with E-state index in [4.69, 9.17) is 17.2 Å². The van der Waals surface area contributed by atoms with Crippen molar-refractivity contribution in [3.05, 3.63) is 60.7 Å². The highest BCUT2D eigenvalue weighted by atomic mass is 32.2. The van der Waals surface area contributed by atoms with Crippen LogP contribution in [-0.4, -0.2) is 145 Å². The minimum Gasteiger partial charge on any atom is -0.377 e. The highest BCUT2D eigenvalue weighted by Crippen LogP contribution is 2.43. The van der Waals surface area contributed by atoms with Gasteiger partial charge in [-0.15, -0.1) is 0 Å². The van der Waals surface area contributed by atoms with Crippen LogP contribution in [-0.2, 0) is 48.4 Å². The number of primary amides is 1. The number of nitrogens with two attached hydrogens (primary N) is 3. The van der Waals surface area contributed by atoms with Crippen molar-refractivity contribution in [1.29, 1.82) is 0 Å². The van der Waals surface area contributed by atoms with Crippen molar-refractivity contribution in [1.82, 2.24) is 41.9 Å². The Hall–Kier alpha value is -6.76. The molecule has 0 saturated heterocycles. The molecular weight excluding hydrogens is 987 g/mol. The van der Waals surface area contributed by atoms with Crippen molar-refractivity contribution in [3.8, 4) is 0 Å². The molecule has 8 unspecified atom stereocenters. The second-order valence-corrected chi connectivity index (χ2v) is 21.1. The molecule has 0 radical (unpaired) electrons. The summed E-state index contributed by atoms with van der Waals surface area (Å²) in [6.07, 6.45) is 11.8.